The second kappa shape index (κ2) is 6.24. The van der Waals surface area contributed by atoms with Gasteiger partial charge in [0, 0.05) is 19.6 Å². The molecule has 1 saturated carbocycles. The van der Waals surface area contributed by atoms with Crippen molar-refractivity contribution in [3.8, 4) is 0 Å². The Morgan fingerprint density at radius 2 is 2.00 bits per heavy atom. The third-order valence-electron chi connectivity index (χ3n) is 3.81. The molecule has 2 rings (SSSR count). The van der Waals surface area contributed by atoms with Crippen LogP contribution in [0.3, 0.4) is 0 Å². The monoisotopic (exact) mass is 238 g/mol. The van der Waals surface area contributed by atoms with Crippen LogP contribution in [0.15, 0.2) is 4.99 Å². The predicted octanol–water partition coefficient (Wildman–Crippen LogP) is 1.27. The van der Waals surface area contributed by atoms with E-state index < -0.39 is 0 Å². The van der Waals surface area contributed by atoms with E-state index >= 15 is 0 Å². The summed E-state index contributed by atoms with van der Waals surface area (Å²) in [5.41, 5.74) is 5.93. The number of likely N-dealkylation sites (tertiary alicyclic amines) is 1. The summed E-state index contributed by atoms with van der Waals surface area (Å²) in [6, 6.07) is 0.670. The van der Waals surface area contributed by atoms with Gasteiger partial charge in [0.05, 0.1) is 0 Å². The molecule has 1 heterocycles. The van der Waals surface area contributed by atoms with Crippen LogP contribution in [0.1, 0.15) is 38.5 Å². The van der Waals surface area contributed by atoms with Gasteiger partial charge in [0.2, 0.25) is 0 Å². The fourth-order valence-electron chi connectivity index (χ4n) is 2.41. The van der Waals surface area contributed by atoms with Gasteiger partial charge in [0.15, 0.2) is 5.96 Å². The van der Waals surface area contributed by atoms with Crippen molar-refractivity contribution in [2.75, 3.05) is 33.2 Å². The van der Waals surface area contributed by atoms with E-state index in [1.54, 1.807) is 0 Å². The fraction of sp³-hybridized carbons (Fsp3) is 0.923. The van der Waals surface area contributed by atoms with Crippen molar-refractivity contribution in [2.24, 2.45) is 10.7 Å². The molecule has 0 aromatic rings. The fourth-order valence-corrected chi connectivity index (χ4v) is 2.41. The van der Waals surface area contributed by atoms with Crippen molar-refractivity contribution in [3.05, 3.63) is 0 Å². The number of aliphatic imine (C=N–C) groups is 1. The third-order valence-corrected chi connectivity index (χ3v) is 3.81. The molecule has 98 valence electrons. The van der Waals surface area contributed by atoms with Gasteiger partial charge in [-0.25, -0.2) is 0 Å². The molecule has 2 N–H and O–H groups in total. The standard InChI is InChI=1S/C13H26N4/c1-16(12-6-7-12)13(14)15-8-2-3-9-17-10-4-5-11-17/h12H,2-11H2,1H3,(H2,14,15). The molecule has 0 bridgehead atoms. The number of rotatable bonds is 6. The highest BCUT2D eigenvalue weighted by Crippen LogP contribution is 2.24. The maximum Gasteiger partial charge on any atom is 0.191 e. The van der Waals surface area contributed by atoms with E-state index in [9.17, 15) is 0 Å². The van der Waals surface area contributed by atoms with E-state index in [1.807, 2.05) is 0 Å². The van der Waals surface area contributed by atoms with Crippen molar-refractivity contribution < 1.29 is 0 Å². The minimum atomic E-state index is 0.670. The van der Waals surface area contributed by atoms with Crippen LogP contribution in [-0.4, -0.2) is 55.0 Å². The zero-order chi connectivity index (χ0) is 12.1. The van der Waals surface area contributed by atoms with E-state index in [-0.39, 0.29) is 0 Å². The lowest BCUT2D eigenvalue weighted by Crippen LogP contribution is -2.35. The van der Waals surface area contributed by atoms with Crippen molar-refractivity contribution >= 4 is 5.96 Å². The summed E-state index contributed by atoms with van der Waals surface area (Å²) in [5.74, 6) is 0.730. The SMILES string of the molecule is CN(C(N)=NCCCCN1CCCC1)C1CC1. The molecule has 0 radical (unpaired) electrons. The van der Waals surface area contributed by atoms with E-state index in [1.165, 1.54) is 51.7 Å². The number of nitrogens with two attached hydrogens (primary N) is 1. The molecule has 0 aromatic heterocycles. The van der Waals surface area contributed by atoms with E-state index in [0.29, 0.717) is 6.04 Å². The zero-order valence-electron chi connectivity index (χ0n) is 11.1. The molecule has 4 nitrogen and oxygen atoms in total. The Hall–Kier alpha value is -0.770. The van der Waals surface area contributed by atoms with E-state index in [2.05, 4.69) is 21.8 Å². The number of guanidine groups is 1. The highest BCUT2D eigenvalue weighted by atomic mass is 15.3. The van der Waals surface area contributed by atoms with Crippen molar-refractivity contribution in [2.45, 2.75) is 44.6 Å². The van der Waals surface area contributed by atoms with Gasteiger partial charge in [-0.2, -0.15) is 0 Å². The van der Waals surface area contributed by atoms with Gasteiger partial charge in [-0.1, -0.05) is 0 Å². The molecule has 1 aliphatic heterocycles. The third kappa shape index (κ3) is 4.19. The largest absolute Gasteiger partial charge is 0.370 e. The second-order valence-electron chi connectivity index (χ2n) is 5.34. The van der Waals surface area contributed by atoms with Crippen LogP contribution in [-0.2, 0) is 0 Å². The van der Waals surface area contributed by atoms with Crippen LogP contribution in [0.5, 0.6) is 0 Å². The first-order valence-electron chi connectivity index (χ1n) is 7.02. The average Bonchev–Trinajstić information content (AvgIpc) is 3.05. The van der Waals surface area contributed by atoms with Gasteiger partial charge in [0.25, 0.3) is 0 Å². The molecule has 0 aromatic carbocycles. The predicted molar refractivity (Wildman–Crippen MR) is 72.2 cm³/mol. The molecular weight excluding hydrogens is 212 g/mol. The Labute approximate surface area is 105 Å². The van der Waals surface area contributed by atoms with Gasteiger partial charge < -0.3 is 15.5 Å². The lowest BCUT2D eigenvalue weighted by Gasteiger charge is -2.17. The Bertz CT molecular complexity index is 254. The maximum absolute atomic E-state index is 5.93. The minimum Gasteiger partial charge on any atom is -0.370 e. The van der Waals surface area contributed by atoms with Gasteiger partial charge >= 0.3 is 0 Å². The quantitative estimate of drug-likeness (QED) is 0.430. The van der Waals surface area contributed by atoms with Crippen molar-refractivity contribution in [3.63, 3.8) is 0 Å². The van der Waals surface area contributed by atoms with Crippen LogP contribution >= 0.6 is 0 Å². The Morgan fingerprint density at radius 1 is 1.29 bits per heavy atom. The second-order valence-corrected chi connectivity index (χ2v) is 5.34. The number of hydrogen-bond donors (Lipinski definition) is 1. The number of nitrogens with zero attached hydrogens (tertiary/aromatic N) is 3. The summed E-state index contributed by atoms with van der Waals surface area (Å²) in [6.45, 7) is 4.73. The average molecular weight is 238 g/mol. The first-order chi connectivity index (χ1) is 8.27. The zero-order valence-corrected chi connectivity index (χ0v) is 11.1. The summed E-state index contributed by atoms with van der Waals surface area (Å²) in [4.78, 5) is 9.14. The minimum absolute atomic E-state index is 0.670. The summed E-state index contributed by atoms with van der Waals surface area (Å²) >= 11 is 0. The van der Waals surface area contributed by atoms with Crippen molar-refractivity contribution in [1.82, 2.24) is 9.80 Å². The Balaban J connectivity index is 1.53. The summed E-state index contributed by atoms with van der Waals surface area (Å²) in [5, 5.41) is 0. The molecule has 0 unspecified atom stereocenters. The molecule has 0 atom stereocenters. The highest BCUT2D eigenvalue weighted by molar-refractivity contribution is 5.78. The molecule has 1 saturated heterocycles. The first kappa shape index (κ1) is 12.7. The summed E-state index contributed by atoms with van der Waals surface area (Å²) in [6.07, 6.45) is 7.75. The van der Waals surface area contributed by atoms with Crippen LogP contribution in [0.25, 0.3) is 0 Å². The Kier molecular flexibility index (Phi) is 4.66. The molecule has 1 aliphatic carbocycles. The molecule has 0 spiro atoms. The highest BCUT2D eigenvalue weighted by Gasteiger charge is 2.27. The normalized spacial score (nSPS) is 22.1. The van der Waals surface area contributed by atoms with Gasteiger partial charge in [-0.15, -0.1) is 0 Å². The van der Waals surface area contributed by atoms with E-state index in [0.717, 1.165) is 18.9 Å². The number of hydrogen-bond acceptors (Lipinski definition) is 2. The smallest absolute Gasteiger partial charge is 0.191 e. The molecule has 17 heavy (non-hydrogen) atoms. The molecule has 0 amide bonds. The summed E-state index contributed by atoms with van der Waals surface area (Å²) in [7, 11) is 2.06. The molecular formula is C13H26N4. The van der Waals surface area contributed by atoms with Gasteiger partial charge in [-0.3, -0.25) is 4.99 Å². The van der Waals surface area contributed by atoms with Gasteiger partial charge in [-0.05, 0) is 58.2 Å². The lowest BCUT2D eigenvalue weighted by molar-refractivity contribution is 0.331. The molecule has 2 fully saturated rings. The van der Waals surface area contributed by atoms with E-state index in [4.69, 9.17) is 5.73 Å². The molecule has 2 aliphatic rings. The van der Waals surface area contributed by atoms with Crippen LogP contribution in [0, 0.1) is 0 Å². The Morgan fingerprint density at radius 3 is 2.65 bits per heavy atom. The van der Waals surface area contributed by atoms with Gasteiger partial charge in [0.1, 0.15) is 0 Å². The topological polar surface area (TPSA) is 44.9 Å². The van der Waals surface area contributed by atoms with Crippen molar-refractivity contribution in [1.29, 1.82) is 0 Å². The molecule has 4 heteroatoms. The van der Waals surface area contributed by atoms with Crippen LogP contribution < -0.4 is 5.73 Å². The summed E-state index contributed by atoms with van der Waals surface area (Å²) < 4.78 is 0. The lowest BCUT2D eigenvalue weighted by atomic mass is 10.3. The number of unbranched alkanes of at least 4 members (excludes halogenated alkanes) is 1. The maximum atomic E-state index is 5.93. The van der Waals surface area contributed by atoms with Crippen LogP contribution in [0.2, 0.25) is 0 Å². The van der Waals surface area contributed by atoms with Crippen LogP contribution in [0.4, 0.5) is 0 Å². The first-order valence-corrected chi connectivity index (χ1v) is 7.02.